The molecule has 0 saturated carbocycles. The number of anilines is 1. The Morgan fingerprint density at radius 1 is 1.38 bits per heavy atom. The topological polar surface area (TPSA) is 86.1 Å². The summed E-state index contributed by atoms with van der Waals surface area (Å²) in [5, 5.41) is 12.6. The van der Waals surface area contributed by atoms with E-state index in [-0.39, 0.29) is 24.1 Å². The van der Waals surface area contributed by atoms with E-state index in [1.807, 2.05) is 18.2 Å². The Balaban J connectivity index is 1.46. The molecule has 124 valence electrons. The van der Waals surface area contributed by atoms with Crippen LogP contribution in [-0.4, -0.2) is 26.7 Å². The number of nitrogens with zero attached hydrogens (tertiary/aromatic N) is 3. The first kappa shape index (κ1) is 15.4. The van der Waals surface area contributed by atoms with Crippen molar-refractivity contribution in [1.82, 2.24) is 14.2 Å². The van der Waals surface area contributed by atoms with Crippen molar-refractivity contribution in [3.05, 3.63) is 39.6 Å². The zero-order valence-corrected chi connectivity index (χ0v) is 14.2. The maximum absolute atomic E-state index is 12.2. The summed E-state index contributed by atoms with van der Waals surface area (Å²) in [5.41, 5.74) is -0.150. The third-order valence-corrected chi connectivity index (χ3v) is 5.73. The van der Waals surface area contributed by atoms with Crippen LogP contribution in [0.4, 0.5) is 5.13 Å². The Hall–Kier alpha value is -2.10. The Morgan fingerprint density at radius 3 is 3.04 bits per heavy atom. The first-order valence-electron chi connectivity index (χ1n) is 7.54. The van der Waals surface area contributed by atoms with Crippen molar-refractivity contribution in [3.8, 4) is 0 Å². The first-order chi connectivity index (χ1) is 11.7. The van der Waals surface area contributed by atoms with E-state index < -0.39 is 0 Å². The van der Waals surface area contributed by atoms with Gasteiger partial charge in [-0.15, -0.1) is 10.2 Å². The van der Waals surface area contributed by atoms with Gasteiger partial charge in [-0.1, -0.05) is 35.0 Å². The Bertz CT molecular complexity index is 939. The molecule has 4 rings (SSSR count). The van der Waals surface area contributed by atoms with Crippen molar-refractivity contribution >= 4 is 44.0 Å². The van der Waals surface area contributed by atoms with Gasteiger partial charge < -0.3 is 4.74 Å². The second kappa shape index (κ2) is 6.42. The van der Waals surface area contributed by atoms with Crippen LogP contribution in [0.2, 0.25) is 0 Å². The molecule has 0 bridgehead atoms. The monoisotopic (exact) mass is 362 g/mol. The standard InChI is InChI=1S/C15H14N4O3S2/c20-12(8-19-14(21)9-4-1-2-6-11(9)24-19)16-15-18-17-13(23-15)10-5-3-7-22-10/h1-2,4,6,10H,3,5,7-8H2,(H,16,18,20). The van der Waals surface area contributed by atoms with Crippen LogP contribution in [0, 0.1) is 0 Å². The molecule has 0 spiro atoms. The number of hydrogen-bond acceptors (Lipinski definition) is 7. The van der Waals surface area contributed by atoms with Crippen LogP contribution in [0.15, 0.2) is 29.1 Å². The molecule has 9 heteroatoms. The van der Waals surface area contributed by atoms with Gasteiger partial charge in [0, 0.05) is 6.61 Å². The highest BCUT2D eigenvalue weighted by Crippen LogP contribution is 2.31. The number of fused-ring (bicyclic) bond motifs is 1. The fourth-order valence-electron chi connectivity index (χ4n) is 2.60. The molecule has 1 aliphatic rings. The van der Waals surface area contributed by atoms with Crippen LogP contribution in [0.25, 0.3) is 10.1 Å². The zero-order valence-electron chi connectivity index (χ0n) is 12.6. The lowest BCUT2D eigenvalue weighted by Gasteiger charge is -2.02. The van der Waals surface area contributed by atoms with Gasteiger partial charge in [-0.05, 0) is 25.0 Å². The van der Waals surface area contributed by atoms with Gasteiger partial charge in [-0.2, -0.15) is 0 Å². The molecule has 0 aliphatic carbocycles. The van der Waals surface area contributed by atoms with Crippen molar-refractivity contribution < 1.29 is 9.53 Å². The summed E-state index contributed by atoms with van der Waals surface area (Å²) < 4.78 is 7.87. The highest BCUT2D eigenvalue weighted by Gasteiger charge is 2.22. The number of carbonyl (C=O) groups is 1. The number of rotatable bonds is 4. The maximum Gasteiger partial charge on any atom is 0.268 e. The number of nitrogens with one attached hydrogen (secondary N) is 1. The molecule has 1 unspecified atom stereocenters. The molecule has 1 amide bonds. The molecule has 1 saturated heterocycles. The SMILES string of the molecule is O=C(Cn1sc2ccccc2c1=O)Nc1nnc(C2CCCO2)s1. The maximum atomic E-state index is 12.2. The van der Waals surface area contributed by atoms with Gasteiger partial charge in [-0.3, -0.25) is 18.9 Å². The summed E-state index contributed by atoms with van der Waals surface area (Å²) in [7, 11) is 0. The molecule has 3 heterocycles. The van der Waals surface area contributed by atoms with Crippen LogP contribution >= 0.6 is 22.9 Å². The molecule has 1 fully saturated rings. The van der Waals surface area contributed by atoms with E-state index in [9.17, 15) is 9.59 Å². The molecule has 1 aliphatic heterocycles. The third kappa shape index (κ3) is 2.97. The van der Waals surface area contributed by atoms with Crippen molar-refractivity contribution in [2.24, 2.45) is 0 Å². The number of hydrogen-bond donors (Lipinski definition) is 1. The van der Waals surface area contributed by atoms with E-state index in [1.165, 1.54) is 26.8 Å². The molecular weight excluding hydrogens is 348 g/mol. The Morgan fingerprint density at radius 2 is 2.25 bits per heavy atom. The number of benzene rings is 1. The largest absolute Gasteiger partial charge is 0.371 e. The molecule has 3 aromatic rings. The van der Waals surface area contributed by atoms with E-state index >= 15 is 0 Å². The van der Waals surface area contributed by atoms with Gasteiger partial charge in [0.15, 0.2) is 0 Å². The van der Waals surface area contributed by atoms with Crippen LogP contribution in [0.3, 0.4) is 0 Å². The van der Waals surface area contributed by atoms with E-state index in [0.717, 1.165) is 29.2 Å². The lowest BCUT2D eigenvalue weighted by molar-refractivity contribution is -0.116. The second-order valence-electron chi connectivity index (χ2n) is 5.42. The van der Waals surface area contributed by atoms with Gasteiger partial charge in [0.1, 0.15) is 17.7 Å². The van der Waals surface area contributed by atoms with Gasteiger partial charge in [0.05, 0.1) is 10.1 Å². The Kier molecular flexibility index (Phi) is 4.13. The number of amides is 1. The molecule has 7 nitrogen and oxygen atoms in total. The molecule has 2 aromatic heterocycles. The van der Waals surface area contributed by atoms with E-state index in [0.29, 0.717) is 10.5 Å². The molecule has 1 aromatic carbocycles. The normalized spacial score (nSPS) is 17.4. The van der Waals surface area contributed by atoms with Crippen LogP contribution < -0.4 is 10.9 Å². The average molecular weight is 362 g/mol. The second-order valence-corrected chi connectivity index (χ2v) is 7.50. The molecule has 24 heavy (non-hydrogen) atoms. The van der Waals surface area contributed by atoms with E-state index in [1.54, 1.807) is 6.07 Å². The number of ether oxygens (including phenoxy) is 1. The Labute approximate surface area is 145 Å². The van der Waals surface area contributed by atoms with Crippen LogP contribution in [0.5, 0.6) is 0 Å². The highest BCUT2D eigenvalue weighted by molar-refractivity contribution is 7.15. The van der Waals surface area contributed by atoms with Crippen molar-refractivity contribution in [2.75, 3.05) is 11.9 Å². The fourth-order valence-corrected chi connectivity index (χ4v) is 4.44. The summed E-state index contributed by atoms with van der Waals surface area (Å²) >= 11 is 2.59. The number of aromatic nitrogens is 3. The molecule has 1 N–H and O–H groups in total. The first-order valence-corrected chi connectivity index (χ1v) is 9.13. The predicted molar refractivity (Wildman–Crippen MR) is 92.6 cm³/mol. The minimum atomic E-state index is -0.293. The van der Waals surface area contributed by atoms with Crippen molar-refractivity contribution in [2.45, 2.75) is 25.5 Å². The minimum Gasteiger partial charge on any atom is -0.371 e. The van der Waals surface area contributed by atoms with Crippen LogP contribution in [0.1, 0.15) is 24.0 Å². The van der Waals surface area contributed by atoms with Gasteiger partial charge >= 0.3 is 0 Å². The smallest absolute Gasteiger partial charge is 0.268 e. The minimum absolute atomic E-state index is 0.0154. The summed E-state index contributed by atoms with van der Waals surface area (Å²) in [6.45, 7) is 0.702. The van der Waals surface area contributed by atoms with Gasteiger partial charge in [0.2, 0.25) is 11.0 Å². The van der Waals surface area contributed by atoms with Gasteiger partial charge in [0.25, 0.3) is 5.56 Å². The lowest BCUT2D eigenvalue weighted by Crippen LogP contribution is -2.23. The van der Waals surface area contributed by atoms with Crippen molar-refractivity contribution in [1.29, 1.82) is 0 Å². The lowest BCUT2D eigenvalue weighted by atomic mass is 10.2. The highest BCUT2D eigenvalue weighted by atomic mass is 32.1. The van der Waals surface area contributed by atoms with Crippen LogP contribution in [-0.2, 0) is 16.1 Å². The summed E-state index contributed by atoms with van der Waals surface area (Å²) in [6, 6.07) is 7.32. The van der Waals surface area contributed by atoms with Gasteiger partial charge in [-0.25, -0.2) is 0 Å². The predicted octanol–water partition coefficient (Wildman–Crippen LogP) is 2.40. The zero-order chi connectivity index (χ0) is 16.5. The fraction of sp³-hybridized carbons (Fsp3) is 0.333. The van der Waals surface area contributed by atoms with E-state index in [2.05, 4.69) is 15.5 Å². The van der Waals surface area contributed by atoms with Crippen molar-refractivity contribution in [3.63, 3.8) is 0 Å². The number of carbonyl (C=O) groups excluding carboxylic acids is 1. The molecule has 1 atom stereocenters. The quantitative estimate of drug-likeness (QED) is 0.770. The molecule has 0 radical (unpaired) electrons. The third-order valence-electron chi connectivity index (χ3n) is 3.73. The van der Waals surface area contributed by atoms with E-state index in [4.69, 9.17) is 4.74 Å². The summed E-state index contributed by atoms with van der Waals surface area (Å²) in [5.74, 6) is -0.293. The average Bonchev–Trinajstić information content (AvgIpc) is 3.29. The molecular formula is C15H14N4O3S2. The summed E-state index contributed by atoms with van der Waals surface area (Å²) in [4.78, 5) is 24.4. The summed E-state index contributed by atoms with van der Waals surface area (Å²) in [6.07, 6.45) is 1.93.